The highest BCUT2D eigenvalue weighted by atomic mass is 35.5. The molecule has 106 valence electrons. The van der Waals surface area contributed by atoms with E-state index in [1.165, 1.54) is 13.2 Å². The lowest BCUT2D eigenvalue weighted by Gasteiger charge is -2.02. The zero-order chi connectivity index (χ0) is 15.4. The normalized spacial score (nSPS) is 11.0. The molecule has 5 nitrogen and oxygen atoms in total. The predicted octanol–water partition coefficient (Wildman–Crippen LogP) is 2.91. The Morgan fingerprint density at radius 1 is 1.43 bits per heavy atom. The Morgan fingerprint density at radius 2 is 2.10 bits per heavy atom. The molecule has 0 fully saturated rings. The highest BCUT2D eigenvalue weighted by molar-refractivity contribution is 6.31. The van der Waals surface area contributed by atoms with Crippen LogP contribution in [-0.2, 0) is 9.53 Å². The summed E-state index contributed by atoms with van der Waals surface area (Å²) in [6.45, 7) is 1.75. The Bertz CT molecular complexity index is 742. The maximum Gasteiger partial charge on any atom is 0.348 e. The molecule has 0 saturated heterocycles. The van der Waals surface area contributed by atoms with Gasteiger partial charge in [0.25, 0.3) is 0 Å². The van der Waals surface area contributed by atoms with Gasteiger partial charge in [0.15, 0.2) is 0 Å². The molecule has 0 unspecified atom stereocenters. The average Bonchev–Trinajstić information content (AvgIpc) is 2.80. The molecule has 0 bridgehead atoms. The summed E-state index contributed by atoms with van der Waals surface area (Å²) in [4.78, 5) is 11.5. The summed E-state index contributed by atoms with van der Waals surface area (Å²) < 4.78 is 6.10. The van der Waals surface area contributed by atoms with E-state index in [9.17, 15) is 4.79 Å². The number of nitriles is 1. The van der Waals surface area contributed by atoms with Crippen molar-refractivity contribution in [2.24, 2.45) is 0 Å². The van der Waals surface area contributed by atoms with Crippen LogP contribution in [0.4, 0.5) is 0 Å². The van der Waals surface area contributed by atoms with Crippen molar-refractivity contribution in [3.63, 3.8) is 0 Å². The minimum atomic E-state index is -0.708. The first-order valence-electron chi connectivity index (χ1n) is 6.09. The quantitative estimate of drug-likeness (QED) is 0.496. The Kier molecular flexibility index (Phi) is 4.41. The summed E-state index contributed by atoms with van der Waals surface area (Å²) in [5.74, 6) is -0.708. The van der Waals surface area contributed by atoms with Gasteiger partial charge in [-0.3, -0.25) is 0 Å². The van der Waals surface area contributed by atoms with Crippen LogP contribution in [0.15, 0.2) is 35.9 Å². The van der Waals surface area contributed by atoms with E-state index in [4.69, 9.17) is 16.9 Å². The Labute approximate surface area is 127 Å². The van der Waals surface area contributed by atoms with Crippen LogP contribution in [0.1, 0.15) is 11.3 Å². The van der Waals surface area contributed by atoms with Crippen LogP contribution in [0, 0.1) is 18.3 Å². The van der Waals surface area contributed by atoms with Gasteiger partial charge in [0.05, 0.1) is 18.5 Å². The molecular weight excluding hydrogens is 290 g/mol. The second-order valence-corrected chi connectivity index (χ2v) is 4.56. The number of carbonyl (C=O) groups excluding carboxylic acids is 1. The topological polar surface area (TPSA) is 67.9 Å². The maximum absolute atomic E-state index is 11.5. The van der Waals surface area contributed by atoms with E-state index in [1.807, 2.05) is 30.3 Å². The third kappa shape index (κ3) is 2.96. The molecule has 0 radical (unpaired) electrons. The van der Waals surface area contributed by atoms with Gasteiger partial charge in [0, 0.05) is 5.56 Å². The molecule has 1 aromatic heterocycles. The number of esters is 1. The standard InChI is InChI=1S/C15H12ClN3O2/c1-10-13(8-11(9-17)15(20)21-2)14(16)19(18-10)12-6-4-3-5-7-12/h3-8H,1-2H3. The number of halogens is 1. The smallest absolute Gasteiger partial charge is 0.348 e. The highest BCUT2D eigenvalue weighted by Crippen LogP contribution is 2.25. The van der Waals surface area contributed by atoms with Crippen molar-refractivity contribution < 1.29 is 9.53 Å². The molecule has 6 heteroatoms. The van der Waals surface area contributed by atoms with E-state index in [0.29, 0.717) is 16.4 Å². The van der Waals surface area contributed by atoms with Gasteiger partial charge in [-0.15, -0.1) is 0 Å². The van der Waals surface area contributed by atoms with Crippen molar-refractivity contribution in [3.8, 4) is 11.8 Å². The van der Waals surface area contributed by atoms with Crippen molar-refractivity contribution in [3.05, 3.63) is 52.3 Å². The number of para-hydroxylation sites is 1. The molecule has 0 saturated carbocycles. The molecule has 0 aliphatic heterocycles. The fourth-order valence-electron chi connectivity index (χ4n) is 1.81. The number of aromatic nitrogens is 2. The van der Waals surface area contributed by atoms with E-state index in [-0.39, 0.29) is 5.57 Å². The summed E-state index contributed by atoms with van der Waals surface area (Å²) in [5, 5.41) is 13.7. The first-order chi connectivity index (χ1) is 10.1. The lowest BCUT2D eigenvalue weighted by molar-refractivity contribution is -0.135. The molecule has 0 aliphatic rings. The van der Waals surface area contributed by atoms with Crippen LogP contribution in [0.25, 0.3) is 11.8 Å². The second-order valence-electron chi connectivity index (χ2n) is 4.20. The van der Waals surface area contributed by atoms with Gasteiger partial charge >= 0.3 is 5.97 Å². The van der Waals surface area contributed by atoms with Crippen LogP contribution in [0.3, 0.4) is 0 Å². The van der Waals surface area contributed by atoms with Crippen LogP contribution in [0.2, 0.25) is 5.15 Å². The Balaban J connectivity index is 2.53. The number of aryl methyl sites for hydroxylation is 1. The molecule has 1 aromatic carbocycles. The van der Waals surface area contributed by atoms with Crippen molar-refractivity contribution in [1.82, 2.24) is 9.78 Å². The van der Waals surface area contributed by atoms with Crippen LogP contribution < -0.4 is 0 Å². The zero-order valence-electron chi connectivity index (χ0n) is 11.5. The molecule has 2 aromatic rings. The molecule has 0 aliphatic carbocycles. The van der Waals surface area contributed by atoms with Gasteiger partial charge in [0.1, 0.15) is 16.8 Å². The number of rotatable bonds is 3. The molecule has 0 N–H and O–H groups in total. The third-order valence-electron chi connectivity index (χ3n) is 2.86. The van der Waals surface area contributed by atoms with E-state index in [1.54, 1.807) is 17.7 Å². The number of benzene rings is 1. The zero-order valence-corrected chi connectivity index (χ0v) is 12.3. The minimum Gasteiger partial charge on any atom is -0.465 e. The van der Waals surface area contributed by atoms with Gasteiger partial charge in [-0.2, -0.15) is 10.4 Å². The van der Waals surface area contributed by atoms with E-state index in [0.717, 1.165) is 5.69 Å². The molecule has 0 amide bonds. The molecule has 2 rings (SSSR count). The number of ether oxygens (including phenoxy) is 1. The monoisotopic (exact) mass is 301 g/mol. The second kappa shape index (κ2) is 6.25. The van der Waals surface area contributed by atoms with Crippen LogP contribution >= 0.6 is 11.6 Å². The average molecular weight is 302 g/mol. The van der Waals surface area contributed by atoms with Crippen LogP contribution in [-0.4, -0.2) is 22.9 Å². The number of carbonyl (C=O) groups is 1. The Hall–Kier alpha value is -2.58. The predicted molar refractivity (Wildman–Crippen MR) is 78.9 cm³/mol. The number of methoxy groups -OCH3 is 1. The number of hydrogen-bond acceptors (Lipinski definition) is 4. The van der Waals surface area contributed by atoms with Crippen molar-refractivity contribution >= 4 is 23.6 Å². The molecule has 21 heavy (non-hydrogen) atoms. The molecular formula is C15H12ClN3O2. The lowest BCUT2D eigenvalue weighted by atomic mass is 10.1. The van der Waals surface area contributed by atoms with Gasteiger partial charge in [0.2, 0.25) is 0 Å². The maximum atomic E-state index is 11.5. The lowest BCUT2D eigenvalue weighted by Crippen LogP contribution is -2.02. The largest absolute Gasteiger partial charge is 0.465 e. The third-order valence-corrected chi connectivity index (χ3v) is 3.23. The summed E-state index contributed by atoms with van der Waals surface area (Å²) in [6.07, 6.45) is 1.38. The fourth-order valence-corrected chi connectivity index (χ4v) is 2.13. The van der Waals surface area contributed by atoms with E-state index < -0.39 is 5.97 Å². The highest BCUT2D eigenvalue weighted by Gasteiger charge is 2.16. The van der Waals surface area contributed by atoms with E-state index >= 15 is 0 Å². The minimum absolute atomic E-state index is 0.130. The fraction of sp³-hybridized carbons (Fsp3) is 0.133. The number of nitrogens with zero attached hydrogens (tertiary/aromatic N) is 3. The van der Waals surface area contributed by atoms with Crippen molar-refractivity contribution in [2.75, 3.05) is 7.11 Å². The van der Waals surface area contributed by atoms with Gasteiger partial charge in [-0.05, 0) is 25.1 Å². The van der Waals surface area contributed by atoms with Gasteiger partial charge < -0.3 is 4.74 Å². The van der Waals surface area contributed by atoms with Gasteiger partial charge in [-0.25, -0.2) is 9.48 Å². The summed E-state index contributed by atoms with van der Waals surface area (Å²) in [5.41, 5.74) is 1.79. The van der Waals surface area contributed by atoms with Crippen molar-refractivity contribution in [1.29, 1.82) is 5.26 Å². The number of hydrogen-bond donors (Lipinski definition) is 0. The Morgan fingerprint density at radius 3 is 2.67 bits per heavy atom. The van der Waals surface area contributed by atoms with Crippen molar-refractivity contribution in [2.45, 2.75) is 6.92 Å². The van der Waals surface area contributed by atoms with E-state index in [2.05, 4.69) is 9.84 Å². The first-order valence-corrected chi connectivity index (χ1v) is 6.47. The molecule has 1 heterocycles. The molecule has 0 atom stereocenters. The SMILES string of the molecule is COC(=O)C(C#N)=Cc1c(C)nn(-c2ccccc2)c1Cl. The van der Waals surface area contributed by atoms with Crippen LogP contribution in [0.5, 0.6) is 0 Å². The summed E-state index contributed by atoms with van der Waals surface area (Å²) >= 11 is 6.31. The summed E-state index contributed by atoms with van der Waals surface area (Å²) in [6, 6.07) is 11.1. The summed E-state index contributed by atoms with van der Waals surface area (Å²) in [7, 11) is 1.22. The van der Waals surface area contributed by atoms with Gasteiger partial charge in [-0.1, -0.05) is 29.8 Å². The first kappa shape index (κ1) is 14.8. The molecule has 0 spiro atoms.